The molecule has 1 heterocycles. The summed E-state index contributed by atoms with van der Waals surface area (Å²) in [6, 6.07) is 0. The van der Waals surface area contributed by atoms with Crippen LogP contribution in [0.4, 0.5) is 13.2 Å². The van der Waals surface area contributed by atoms with Crippen molar-refractivity contribution in [2.75, 3.05) is 14.1 Å². The smallest absolute Gasteiger partial charge is 0.386 e. The fourth-order valence-corrected chi connectivity index (χ4v) is 3.82. The van der Waals surface area contributed by atoms with Crippen LogP contribution in [-0.2, 0) is 6.18 Å². The first-order chi connectivity index (χ1) is 9.27. The zero-order chi connectivity index (χ0) is 15.0. The number of hydrogen-bond donors (Lipinski definition) is 1. The molecule has 1 fully saturated rings. The molecule has 1 aromatic rings. The highest BCUT2D eigenvalue weighted by atomic mass is 32.1. The van der Waals surface area contributed by atoms with E-state index in [-0.39, 0.29) is 0 Å². The van der Waals surface area contributed by atoms with Crippen molar-refractivity contribution in [1.29, 1.82) is 0 Å². The van der Waals surface area contributed by atoms with E-state index in [4.69, 9.17) is 0 Å². The quantitative estimate of drug-likeness (QED) is 0.929. The van der Waals surface area contributed by atoms with E-state index in [9.17, 15) is 18.3 Å². The number of halogens is 3. The zero-order valence-corrected chi connectivity index (χ0v) is 12.4. The Morgan fingerprint density at radius 2 is 1.90 bits per heavy atom. The Balaban J connectivity index is 2.28. The van der Waals surface area contributed by atoms with Gasteiger partial charge in [-0.3, -0.25) is 0 Å². The minimum absolute atomic E-state index is 0.299. The van der Waals surface area contributed by atoms with Gasteiger partial charge in [0.25, 0.3) is 0 Å². The Labute approximate surface area is 120 Å². The van der Waals surface area contributed by atoms with Gasteiger partial charge in [-0.15, -0.1) is 11.3 Å². The van der Waals surface area contributed by atoms with Crippen molar-refractivity contribution in [1.82, 2.24) is 9.88 Å². The molecule has 0 radical (unpaired) electrons. The van der Waals surface area contributed by atoms with Gasteiger partial charge in [-0.25, -0.2) is 4.98 Å². The molecule has 0 saturated heterocycles. The predicted molar refractivity (Wildman–Crippen MR) is 71.6 cm³/mol. The van der Waals surface area contributed by atoms with Gasteiger partial charge in [-0.2, -0.15) is 13.2 Å². The van der Waals surface area contributed by atoms with Crippen molar-refractivity contribution in [2.45, 2.75) is 49.9 Å². The molecular weight excluding hydrogens is 289 g/mol. The minimum Gasteiger partial charge on any atom is -0.386 e. The summed E-state index contributed by atoms with van der Waals surface area (Å²) in [6.07, 6.45) is 0.463. The molecule has 1 unspecified atom stereocenters. The molecule has 1 aromatic heterocycles. The second-order valence-corrected chi connectivity index (χ2v) is 6.59. The van der Waals surface area contributed by atoms with Crippen molar-refractivity contribution >= 4 is 11.3 Å². The summed E-state index contributed by atoms with van der Waals surface area (Å²) in [6.45, 7) is 0. The van der Waals surface area contributed by atoms with Gasteiger partial charge in [0.15, 0.2) is 5.01 Å². The Morgan fingerprint density at radius 1 is 1.30 bits per heavy atom. The number of likely N-dealkylation sites (N-methyl/N-ethyl adjacent to an activating group) is 1. The molecule has 0 amide bonds. The lowest BCUT2D eigenvalue weighted by atomic mass is 9.76. The number of aliphatic hydroxyl groups is 1. The van der Waals surface area contributed by atoms with E-state index in [0.29, 0.717) is 16.2 Å². The Morgan fingerprint density at radius 3 is 2.35 bits per heavy atom. The maximum Gasteiger partial charge on any atom is 0.443 e. The zero-order valence-electron chi connectivity index (χ0n) is 11.6. The van der Waals surface area contributed by atoms with Crippen LogP contribution in [0.2, 0.25) is 0 Å². The van der Waals surface area contributed by atoms with Crippen molar-refractivity contribution in [2.24, 2.45) is 0 Å². The summed E-state index contributed by atoms with van der Waals surface area (Å²) in [7, 11) is 3.75. The molecule has 2 rings (SSSR count). The number of nitrogens with zero attached hydrogens (tertiary/aromatic N) is 2. The van der Waals surface area contributed by atoms with Crippen molar-refractivity contribution < 1.29 is 18.3 Å². The van der Waals surface area contributed by atoms with Crippen molar-refractivity contribution in [3.63, 3.8) is 0 Å². The molecule has 1 saturated carbocycles. The van der Waals surface area contributed by atoms with E-state index in [1.807, 2.05) is 19.0 Å². The molecule has 1 aliphatic carbocycles. The summed E-state index contributed by atoms with van der Waals surface area (Å²) in [4.78, 5) is 5.66. The summed E-state index contributed by atoms with van der Waals surface area (Å²) in [5.74, 6) is 0. The molecule has 1 atom stereocenters. The van der Waals surface area contributed by atoms with Crippen LogP contribution >= 0.6 is 11.3 Å². The van der Waals surface area contributed by atoms with Gasteiger partial charge in [0.2, 0.25) is 0 Å². The van der Waals surface area contributed by atoms with Crippen LogP contribution in [0.5, 0.6) is 0 Å². The Kier molecular flexibility index (Phi) is 4.41. The fourth-order valence-electron chi connectivity index (χ4n) is 2.94. The van der Waals surface area contributed by atoms with Crippen LogP contribution in [0, 0.1) is 0 Å². The molecule has 7 heteroatoms. The SMILES string of the molecule is CN(C)C1(C(O)c2cnc(C(F)(F)F)s2)CCCCC1. The topological polar surface area (TPSA) is 36.4 Å². The van der Waals surface area contributed by atoms with Crippen LogP contribution in [0.15, 0.2) is 6.20 Å². The third-order valence-electron chi connectivity index (χ3n) is 4.15. The van der Waals surface area contributed by atoms with E-state index in [2.05, 4.69) is 4.98 Å². The molecule has 114 valence electrons. The first-order valence-corrected chi connectivity index (χ1v) is 7.47. The van der Waals surface area contributed by atoms with Crippen molar-refractivity contribution in [3.8, 4) is 0 Å². The molecule has 0 spiro atoms. The summed E-state index contributed by atoms with van der Waals surface area (Å²) in [5, 5.41) is 9.71. The van der Waals surface area contributed by atoms with Gasteiger partial charge in [-0.1, -0.05) is 19.3 Å². The van der Waals surface area contributed by atoms with E-state index in [1.165, 1.54) is 0 Å². The molecule has 20 heavy (non-hydrogen) atoms. The maximum atomic E-state index is 12.6. The highest BCUT2D eigenvalue weighted by Crippen LogP contribution is 2.44. The van der Waals surface area contributed by atoms with Gasteiger partial charge < -0.3 is 10.0 Å². The lowest BCUT2D eigenvalue weighted by molar-refractivity contribution is -0.137. The number of aliphatic hydroxyl groups excluding tert-OH is 1. The van der Waals surface area contributed by atoms with Gasteiger partial charge in [0, 0.05) is 6.20 Å². The number of aromatic nitrogens is 1. The van der Waals surface area contributed by atoms with Gasteiger partial charge in [0.05, 0.1) is 10.4 Å². The molecule has 0 bridgehead atoms. The number of rotatable bonds is 3. The average Bonchev–Trinajstić information content (AvgIpc) is 2.88. The maximum absolute atomic E-state index is 12.6. The van der Waals surface area contributed by atoms with E-state index in [0.717, 1.165) is 38.3 Å². The summed E-state index contributed by atoms with van der Waals surface area (Å²) < 4.78 is 37.9. The Bertz CT molecular complexity index is 453. The summed E-state index contributed by atoms with van der Waals surface area (Å²) >= 11 is 0.545. The molecular formula is C13H19F3N2OS. The average molecular weight is 308 g/mol. The second-order valence-electron chi connectivity index (χ2n) is 5.53. The van der Waals surface area contributed by atoms with Crippen LogP contribution in [0.1, 0.15) is 48.1 Å². The van der Waals surface area contributed by atoms with Gasteiger partial charge >= 0.3 is 6.18 Å². The highest BCUT2D eigenvalue weighted by molar-refractivity contribution is 7.11. The van der Waals surface area contributed by atoms with E-state index in [1.54, 1.807) is 0 Å². The van der Waals surface area contributed by atoms with Crippen LogP contribution in [0.25, 0.3) is 0 Å². The lowest BCUT2D eigenvalue weighted by Gasteiger charge is -2.46. The number of alkyl halides is 3. The van der Waals surface area contributed by atoms with E-state index < -0.39 is 22.8 Å². The molecule has 3 nitrogen and oxygen atoms in total. The van der Waals surface area contributed by atoms with Gasteiger partial charge in [-0.05, 0) is 26.9 Å². The number of hydrogen-bond acceptors (Lipinski definition) is 4. The number of thiazole rings is 1. The largest absolute Gasteiger partial charge is 0.443 e. The second kappa shape index (κ2) is 5.61. The summed E-state index contributed by atoms with van der Waals surface area (Å²) in [5.41, 5.74) is -0.479. The van der Waals surface area contributed by atoms with Gasteiger partial charge in [0.1, 0.15) is 6.10 Å². The minimum atomic E-state index is -4.44. The Hall–Kier alpha value is -0.660. The normalized spacial score (nSPS) is 21.1. The predicted octanol–water partition coefficient (Wildman–Crippen LogP) is 3.46. The molecule has 1 N–H and O–H groups in total. The molecule has 1 aliphatic rings. The van der Waals surface area contributed by atoms with Crippen molar-refractivity contribution in [3.05, 3.63) is 16.1 Å². The van der Waals surface area contributed by atoms with Crippen LogP contribution in [0.3, 0.4) is 0 Å². The molecule has 0 aliphatic heterocycles. The third-order valence-corrected chi connectivity index (χ3v) is 5.25. The first-order valence-electron chi connectivity index (χ1n) is 6.66. The van der Waals surface area contributed by atoms with Crippen LogP contribution in [-0.4, -0.2) is 34.6 Å². The van der Waals surface area contributed by atoms with Crippen LogP contribution < -0.4 is 0 Å². The highest BCUT2D eigenvalue weighted by Gasteiger charge is 2.44. The third kappa shape index (κ3) is 2.84. The monoisotopic (exact) mass is 308 g/mol. The van der Waals surface area contributed by atoms with E-state index >= 15 is 0 Å². The first kappa shape index (κ1) is 15.7. The lowest BCUT2D eigenvalue weighted by Crippen LogP contribution is -2.50. The molecule has 0 aromatic carbocycles. The standard InChI is InChI=1S/C13H19F3N2OS/c1-18(2)12(6-4-3-5-7-12)10(19)9-8-17-11(20-9)13(14,15)16/h8,10,19H,3-7H2,1-2H3. The fraction of sp³-hybridized carbons (Fsp3) is 0.769.